The summed E-state index contributed by atoms with van der Waals surface area (Å²) in [5, 5.41) is 0. The predicted octanol–water partition coefficient (Wildman–Crippen LogP) is 19.7. The first kappa shape index (κ1) is 64.6. The van der Waals surface area contributed by atoms with Crippen molar-refractivity contribution in [2.75, 3.05) is 13.2 Å². The summed E-state index contributed by atoms with van der Waals surface area (Å²) >= 11 is 0. The van der Waals surface area contributed by atoms with Gasteiger partial charge in [-0.3, -0.25) is 14.4 Å². The van der Waals surface area contributed by atoms with Crippen molar-refractivity contribution in [1.29, 1.82) is 0 Å². The second-order valence-corrected chi connectivity index (χ2v) is 19.9. The summed E-state index contributed by atoms with van der Waals surface area (Å²) in [4.78, 5) is 38.2. The molecule has 392 valence electrons. The Kier molecular flexibility index (Phi) is 54.2. The standard InChI is InChI=1S/C61H112O6/c1-4-7-10-13-16-19-22-25-27-29-30-32-33-36-39-42-45-48-51-54-60(63)66-57-58(56-65-59(62)53-50-47-44-41-38-35-24-21-18-15-12-9-6-3)67-61(64)55-52-49-46-43-40-37-34-31-28-26-23-20-17-14-11-8-5-2/h17,20,26,28-30,58H,4-16,18-19,21-25,27,31-57H2,1-3H3/b20-17-,28-26-,30-29-. The molecule has 0 amide bonds. The maximum absolute atomic E-state index is 12.9. The molecule has 1 atom stereocenters. The first-order chi connectivity index (χ1) is 33.0. The molecule has 0 aromatic carbocycles. The van der Waals surface area contributed by atoms with Gasteiger partial charge in [0.1, 0.15) is 13.2 Å². The van der Waals surface area contributed by atoms with Crippen LogP contribution >= 0.6 is 0 Å². The van der Waals surface area contributed by atoms with E-state index in [9.17, 15) is 14.4 Å². The molecule has 67 heavy (non-hydrogen) atoms. The van der Waals surface area contributed by atoms with Crippen LogP contribution in [0.3, 0.4) is 0 Å². The van der Waals surface area contributed by atoms with Crippen LogP contribution < -0.4 is 0 Å². The first-order valence-electron chi connectivity index (χ1n) is 29.5. The molecule has 0 heterocycles. The Morgan fingerprint density at radius 1 is 0.299 bits per heavy atom. The highest BCUT2D eigenvalue weighted by atomic mass is 16.6. The van der Waals surface area contributed by atoms with Crippen molar-refractivity contribution in [3.8, 4) is 0 Å². The molecule has 0 aliphatic heterocycles. The Morgan fingerprint density at radius 2 is 0.537 bits per heavy atom. The lowest BCUT2D eigenvalue weighted by Gasteiger charge is -2.18. The molecule has 0 saturated heterocycles. The largest absolute Gasteiger partial charge is 0.462 e. The van der Waals surface area contributed by atoms with Crippen molar-refractivity contribution in [3.63, 3.8) is 0 Å². The van der Waals surface area contributed by atoms with E-state index in [1.54, 1.807) is 0 Å². The van der Waals surface area contributed by atoms with Gasteiger partial charge in [-0.2, -0.15) is 0 Å². The number of carbonyl (C=O) groups excluding carboxylic acids is 3. The normalized spacial score (nSPS) is 12.2. The van der Waals surface area contributed by atoms with Gasteiger partial charge in [0.05, 0.1) is 0 Å². The summed E-state index contributed by atoms with van der Waals surface area (Å²) in [6, 6.07) is 0. The zero-order chi connectivity index (χ0) is 48.6. The van der Waals surface area contributed by atoms with E-state index in [2.05, 4.69) is 57.2 Å². The van der Waals surface area contributed by atoms with Gasteiger partial charge in [-0.15, -0.1) is 0 Å². The van der Waals surface area contributed by atoms with Crippen LogP contribution in [0.5, 0.6) is 0 Å². The van der Waals surface area contributed by atoms with Gasteiger partial charge in [-0.05, 0) is 77.0 Å². The second kappa shape index (κ2) is 56.2. The van der Waals surface area contributed by atoms with Gasteiger partial charge in [0.2, 0.25) is 0 Å². The number of unbranched alkanes of at least 4 members (excludes halogenated alkanes) is 37. The van der Waals surface area contributed by atoms with E-state index in [4.69, 9.17) is 14.2 Å². The van der Waals surface area contributed by atoms with Crippen molar-refractivity contribution in [2.24, 2.45) is 0 Å². The van der Waals surface area contributed by atoms with Crippen molar-refractivity contribution in [1.82, 2.24) is 0 Å². The Hall–Kier alpha value is -2.37. The van der Waals surface area contributed by atoms with E-state index in [-0.39, 0.29) is 31.1 Å². The van der Waals surface area contributed by atoms with Crippen molar-refractivity contribution in [3.05, 3.63) is 36.5 Å². The van der Waals surface area contributed by atoms with E-state index < -0.39 is 6.10 Å². The summed E-state index contributed by atoms with van der Waals surface area (Å²) in [5.74, 6) is -0.868. The Labute approximate surface area is 416 Å². The Balaban J connectivity index is 4.34. The first-order valence-corrected chi connectivity index (χ1v) is 29.5. The SMILES string of the molecule is CCCCC/C=C\C/C=C\CCCCCCCCCC(=O)OC(COC(=O)CCCCCCCCC/C=C\CCCCCCCCCC)COC(=O)CCCCCCCCCCCCCCC. The number of hydrogen-bond donors (Lipinski definition) is 0. The van der Waals surface area contributed by atoms with Gasteiger partial charge in [-0.1, -0.05) is 256 Å². The van der Waals surface area contributed by atoms with Gasteiger partial charge < -0.3 is 14.2 Å². The molecule has 0 radical (unpaired) electrons. The molecule has 0 N–H and O–H groups in total. The van der Waals surface area contributed by atoms with E-state index in [0.29, 0.717) is 19.3 Å². The van der Waals surface area contributed by atoms with E-state index >= 15 is 0 Å². The summed E-state index contributed by atoms with van der Waals surface area (Å²) in [7, 11) is 0. The lowest BCUT2D eigenvalue weighted by atomic mass is 10.0. The number of esters is 3. The summed E-state index contributed by atoms with van der Waals surface area (Å²) < 4.78 is 16.9. The molecule has 0 aliphatic carbocycles. The van der Waals surface area contributed by atoms with Gasteiger partial charge in [-0.25, -0.2) is 0 Å². The molecular formula is C61H112O6. The van der Waals surface area contributed by atoms with Crippen LogP contribution in [0.1, 0.15) is 316 Å². The second-order valence-electron chi connectivity index (χ2n) is 19.9. The third kappa shape index (κ3) is 54.4. The zero-order valence-electron chi connectivity index (χ0n) is 44.9. The van der Waals surface area contributed by atoms with Crippen molar-refractivity contribution in [2.45, 2.75) is 322 Å². The van der Waals surface area contributed by atoms with Crippen LogP contribution in [0.25, 0.3) is 0 Å². The maximum Gasteiger partial charge on any atom is 0.306 e. The summed E-state index contributed by atoms with van der Waals surface area (Å²) in [6.45, 7) is 6.64. The molecule has 0 aromatic rings. The number of hydrogen-bond acceptors (Lipinski definition) is 6. The average molecular weight is 942 g/mol. The molecule has 0 fully saturated rings. The Bertz CT molecular complexity index is 1130. The quantitative estimate of drug-likeness (QED) is 0.0262. The van der Waals surface area contributed by atoms with Gasteiger partial charge in [0, 0.05) is 19.3 Å². The molecule has 0 bridgehead atoms. The third-order valence-corrected chi connectivity index (χ3v) is 13.1. The number of rotatable bonds is 54. The van der Waals surface area contributed by atoms with Crippen LogP contribution in [0, 0.1) is 0 Å². The van der Waals surface area contributed by atoms with Crippen molar-refractivity contribution < 1.29 is 28.6 Å². The zero-order valence-corrected chi connectivity index (χ0v) is 44.9. The van der Waals surface area contributed by atoms with Gasteiger partial charge in [0.25, 0.3) is 0 Å². The highest BCUT2D eigenvalue weighted by molar-refractivity contribution is 5.71. The molecule has 0 aliphatic rings. The molecule has 1 unspecified atom stereocenters. The van der Waals surface area contributed by atoms with Crippen LogP contribution in [0.15, 0.2) is 36.5 Å². The van der Waals surface area contributed by atoms with Crippen LogP contribution in [-0.2, 0) is 28.6 Å². The topological polar surface area (TPSA) is 78.9 Å². The minimum absolute atomic E-state index is 0.0731. The molecule has 0 spiro atoms. The number of allylic oxidation sites excluding steroid dienone is 6. The highest BCUT2D eigenvalue weighted by Gasteiger charge is 2.19. The molecule has 0 aromatic heterocycles. The van der Waals surface area contributed by atoms with Gasteiger partial charge in [0.15, 0.2) is 6.10 Å². The predicted molar refractivity (Wildman–Crippen MR) is 289 cm³/mol. The van der Waals surface area contributed by atoms with E-state index in [1.165, 1.54) is 205 Å². The van der Waals surface area contributed by atoms with Crippen LogP contribution in [0.4, 0.5) is 0 Å². The maximum atomic E-state index is 12.9. The lowest BCUT2D eigenvalue weighted by molar-refractivity contribution is -0.167. The minimum Gasteiger partial charge on any atom is -0.462 e. The fourth-order valence-corrected chi connectivity index (χ4v) is 8.65. The molecule has 6 nitrogen and oxygen atoms in total. The van der Waals surface area contributed by atoms with Crippen LogP contribution in [0.2, 0.25) is 0 Å². The third-order valence-electron chi connectivity index (χ3n) is 13.1. The minimum atomic E-state index is -0.775. The fraction of sp³-hybridized carbons (Fsp3) is 0.852. The number of ether oxygens (including phenoxy) is 3. The molecule has 0 rings (SSSR count). The van der Waals surface area contributed by atoms with E-state index in [0.717, 1.165) is 70.6 Å². The lowest BCUT2D eigenvalue weighted by Crippen LogP contribution is -2.30. The Morgan fingerprint density at radius 3 is 0.866 bits per heavy atom. The highest BCUT2D eigenvalue weighted by Crippen LogP contribution is 2.16. The van der Waals surface area contributed by atoms with Gasteiger partial charge >= 0.3 is 17.9 Å². The average Bonchev–Trinajstić information content (AvgIpc) is 3.33. The van der Waals surface area contributed by atoms with Crippen molar-refractivity contribution >= 4 is 17.9 Å². The van der Waals surface area contributed by atoms with Crippen LogP contribution in [-0.4, -0.2) is 37.2 Å². The molecule has 0 saturated carbocycles. The molecule has 6 heteroatoms. The number of carbonyl (C=O) groups is 3. The molecular weight excluding hydrogens is 829 g/mol. The smallest absolute Gasteiger partial charge is 0.306 e. The monoisotopic (exact) mass is 941 g/mol. The summed E-state index contributed by atoms with van der Waals surface area (Å²) in [5.41, 5.74) is 0. The fourth-order valence-electron chi connectivity index (χ4n) is 8.65. The summed E-state index contributed by atoms with van der Waals surface area (Å²) in [6.07, 6.45) is 67.0. The van der Waals surface area contributed by atoms with E-state index in [1.807, 2.05) is 0 Å².